The number of aliphatic carboxylic acids is 1. The van der Waals surface area contributed by atoms with Crippen molar-refractivity contribution in [3.8, 4) is 0 Å². The highest BCUT2D eigenvalue weighted by molar-refractivity contribution is 5.70. The second kappa shape index (κ2) is 3.46. The highest BCUT2D eigenvalue weighted by atomic mass is 16.4. The van der Waals surface area contributed by atoms with Gasteiger partial charge in [0.05, 0.1) is 5.92 Å². The van der Waals surface area contributed by atoms with Crippen LogP contribution in [0.25, 0.3) is 0 Å². The zero-order chi connectivity index (χ0) is 9.19. The Morgan fingerprint density at radius 2 is 1.83 bits per heavy atom. The first-order valence-corrected chi connectivity index (χ1v) is 4.79. The average Bonchev–Trinajstić information content (AvgIpc) is 2.04. The number of carbonyl (C=O) groups is 1. The van der Waals surface area contributed by atoms with Crippen LogP contribution in [0.15, 0.2) is 0 Å². The van der Waals surface area contributed by atoms with Gasteiger partial charge in [-0.3, -0.25) is 4.79 Å². The molecule has 0 aromatic carbocycles. The first-order chi connectivity index (χ1) is 5.56. The lowest BCUT2D eigenvalue weighted by Crippen LogP contribution is -2.33. The normalized spacial score (nSPS) is 24.8. The maximum Gasteiger partial charge on any atom is 0.306 e. The van der Waals surface area contributed by atoms with Gasteiger partial charge in [0.2, 0.25) is 0 Å². The zero-order valence-electron chi connectivity index (χ0n) is 7.97. The summed E-state index contributed by atoms with van der Waals surface area (Å²) in [6, 6.07) is 0. The number of hydrogen-bond donors (Lipinski definition) is 1. The van der Waals surface area contributed by atoms with Gasteiger partial charge in [-0.1, -0.05) is 33.1 Å². The van der Waals surface area contributed by atoms with Gasteiger partial charge in [0.15, 0.2) is 0 Å². The highest BCUT2D eigenvalue weighted by Gasteiger charge is 2.36. The Balaban J connectivity index is 2.62. The van der Waals surface area contributed by atoms with E-state index in [4.69, 9.17) is 5.11 Å². The Hall–Kier alpha value is -0.530. The summed E-state index contributed by atoms with van der Waals surface area (Å²) in [6.07, 6.45) is 5.85. The molecule has 70 valence electrons. The second-order valence-corrected chi connectivity index (χ2v) is 4.27. The van der Waals surface area contributed by atoms with Crippen LogP contribution in [-0.4, -0.2) is 11.1 Å². The van der Waals surface area contributed by atoms with Crippen molar-refractivity contribution in [1.82, 2.24) is 0 Å². The summed E-state index contributed by atoms with van der Waals surface area (Å²) in [5.74, 6) is -0.822. The molecule has 0 aromatic heterocycles. The molecular weight excluding hydrogens is 152 g/mol. The van der Waals surface area contributed by atoms with Crippen LogP contribution in [0.2, 0.25) is 0 Å². The molecule has 1 N–H and O–H groups in total. The largest absolute Gasteiger partial charge is 0.481 e. The molecule has 0 radical (unpaired) electrons. The predicted molar refractivity (Wildman–Crippen MR) is 48.0 cm³/mol. The van der Waals surface area contributed by atoms with Gasteiger partial charge in [-0.15, -0.1) is 0 Å². The summed E-state index contributed by atoms with van der Waals surface area (Å²) in [5.41, 5.74) is 0.0596. The molecule has 1 fully saturated rings. The van der Waals surface area contributed by atoms with Crippen LogP contribution >= 0.6 is 0 Å². The van der Waals surface area contributed by atoms with Crippen molar-refractivity contribution >= 4 is 5.97 Å². The Kier molecular flexibility index (Phi) is 2.76. The smallest absolute Gasteiger partial charge is 0.306 e. The Labute approximate surface area is 74.0 Å². The summed E-state index contributed by atoms with van der Waals surface area (Å²) in [7, 11) is 0. The molecule has 1 atom stereocenters. The van der Waals surface area contributed by atoms with Crippen LogP contribution in [0.5, 0.6) is 0 Å². The van der Waals surface area contributed by atoms with Crippen molar-refractivity contribution in [2.45, 2.75) is 46.0 Å². The molecule has 0 heterocycles. The molecule has 1 rings (SSSR count). The summed E-state index contributed by atoms with van der Waals surface area (Å²) in [6.45, 7) is 3.96. The molecule has 2 nitrogen and oxygen atoms in total. The third-order valence-corrected chi connectivity index (χ3v) is 3.41. The van der Waals surface area contributed by atoms with Gasteiger partial charge in [-0.2, -0.15) is 0 Å². The first kappa shape index (κ1) is 9.56. The predicted octanol–water partition coefficient (Wildman–Crippen LogP) is 2.68. The summed E-state index contributed by atoms with van der Waals surface area (Å²) >= 11 is 0. The van der Waals surface area contributed by atoms with E-state index in [9.17, 15) is 4.79 Å². The van der Waals surface area contributed by atoms with E-state index < -0.39 is 5.97 Å². The lowest BCUT2D eigenvalue weighted by Gasteiger charge is -2.36. The Morgan fingerprint density at radius 3 is 2.25 bits per heavy atom. The van der Waals surface area contributed by atoms with Gasteiger partial charge in [0, 0.05) is 0 Å². The van der Waals surface area contributed by atoms with Gasteiger partial charge >= 0.3 is 5.97 Å². The van der Waals surface area contributed by atoms with Gasteiger partial charge in [0.25, 0.3) is 0 Å². The molecule has 1 aliphatic carbocycles. The van der Waals surface area contributed by atoms with Crippen LogP contribution in [-0.2, 0) is 4.79 Å². The van der Waals surface area contributed by atoms with Gasteiger partial charge in [-0.05, 0) is 18.3 Å². The zero-order valence-corrected chi connectivity index (χ0v) is 7.97. The van der Waals surface area contributed by atoms with Gasteiger partial charge in [-0.25, -0.2) is 0 Å². The fourth-order valence-corrected chi connectivity index (χ4v) is 2.09. The van der Waals surface area contributed by atoms with Crippen molar-refractivity contribution < 1.29 is 9.90 Å². The van der Waals surface area contributed by atoms with E-state index in [2.05, 4.69) is 6.92 Å². The molecule has 2 heteroatoms. The van der Waals surface area contributed by atoms with E-state index in [1.807, 2.05) is 6.92 Å². The quantitative estimate of drug-likeness (QED) is 0.691. The fourth-order valence-electron chi connectivity index (χ4n) is 2.09. The summed E-state index contributed by atoms with van der Waals surface area (Å²) < 4.78 is 0. The van der Waals surface area contributed by atoms with E-state index in [1.54, 1.807) is 0 Å². The van der Waals surface area contributed by atoms with Crippen molar-refractivity contribution in [1.29, 1.82) is 0 Å². The molecule has 0 unspecified atom stereocenters. The standard InChI is InChI=1S/C10H18O2/c1-8(9(11)12)10(2)6-4-3-5-7-10/h8H,3-7H2,1-2H3,(H,11,12)/t8-/m1/s1. The van der Waals surface area contributed by atoms with Crippen LogP contribution in [0, 0.1) is 11.3 Å². The lowest BCUT2D eigenvalue weighted by molar-refractivity contribution is -0.146. The topological polar surface area (TPSA) is 37.3 Å². The molecule has 0 amide bonds. The van der Waals surface area contributed by atoms with Crippen molar-refractivity contribution in [2.24, 2.45) is 11.3 Å². The van der Waals surface area contributed by atoms with Crippen LogP contribution in [0.4, 0.5) is 0 Å². The van der Waals surface area contributed by atoms with Crippen LogP contribution in [0.3, 0.4) is 0 Å². The SMILES string of the molecule is C[C@H](C(=O)O)C1(C)CCCCC1. The molecule has 1 saturated carbocycles. The van der Waals surface area contributed by atoms with Gasteiger partial charge in [0.1, 0.15) is 0 Å². The Bertz CT molecular complexity index is 169. The minimum atomic E-state index is -0.639. The molecule has 12 heavy (non-hydrogen) atoms. The Morgan fingerprint density at radius 1 is 1.33 bits per heavy atom. The molecule has 0 bridgehead atoms. The number of carboxylic acids is 1. The summed E-state index contributed by atoms with van der Waals surface area (Å²) in [5, 5.41) is 8.90. The van der Waals surface area contributed by atoms with E-state index >= 15 is 0 Å². The van der Waals surface area contributed by atoms with Crippen molar-refractivity contribution in [3.05, 3.63) is 0 Å². The fraction of sp³-hybridized carbons (Fsp3) is 0.900. The number of carboxylic acid groups (broad SMARTS) is 1. The minimum Gasteiger partial charge on any atom is -0.481 e. The third kappa shape index (κ3) is 1.79. The van der Waals surface area contributed by atoms with E-state index in [0.717, 1.165) is 12.8 Å². The number of rotatable bonds is 2. The maximum absolute atomic E-state index is 10.8. The van der Waals surface area contributed by atoms with Crippen molar-refractivity contribution in [3.63, 3.8) is 0 Å². The van der Waals surface area contributed by atoms with E-state index in [1.165, 1.54) is 19.3 Å². The van der Waals surface area contributed by atoms with Crippen LogP contribution in [0.1, 0.15) is 46.0 Å². The minimum absolute atomic E-state index is 0.0596. The van der Waals surface area contributed by atoms with Gasteiger partial charge < -0.3 is 5.11 Å². The second-order valence-electron chi connectivity index (χ2n) is 4.27. The molecule has 1 aliphatic rings. The maximum atomic E-state index is 10.8. The molecule has 0 aliphatic heterocycles. The highest BCUT2D eigenvalue weighted by Crippen LogP contribution is 2.41. The number of hydrogen-bond acceptors (Lipinski definition) is 1. The van der Waals surface area contributed by atoms with E-state index in [0.29, 0.717) is 0 Å². The van der Waals surface area contributed by atoms with Crippen molar-refractivity contribution in [2.75, 3.05) is 0 Å². The molecule has 0 spiro atoms. The third-order valence-electron chi connectivity index (χ3n) is 3.41. The molecule has 0 saturated heterocycles. The first-order valence-electron chi connectivity index (χ1n) is 4.79. The molecule has 0 aromatic rings. The average molecular weight is 170 g/mol. The van der Waals surface area contributed by atoms with Crippen LogP contribution < -0.4 is 0 Å². The summed E-state index contributed by atoms with van der Waals surface area (Å²) in [4.78, 5) is 10.8. The molecular formula is C10H18O2. The monoisotopic (exact) mass is 170 g/mol. The van der Waals surface area contributed by atoms with E-state index in [-0.39, 0.29) is 11.3 Å². The lowest BCUT2D eigenvalue weighted by atomic mass is 9.68.